The number of amides is 1. The zero-order valence-corrected chi connectivity index (χ0v) is 15.6. The molecule has 4 rings (SSSR count). The summed E-state index contributed by atoms with van der Waals surface area (Å²) in [4.78, 5) is 28.3. The second-order valence-electron chi connectivity index (χ2n) is 6.41. The van der Waals surface area contributed by atoms with Crippen molar-refractivity contribution in [1.29, 1.82) is 0 Å². The first kappa shape index (κ1) is 16.1. The summed E-state index contributed by atoms with van der Waals surface area (Å²) in [7, 11) is 0. The third-order valence-electron chi connectivity index (χ3n) is 4.79. The second-order valence-corrected chi connectivity index (χ2v) is 8.21. The number of piperidine rings is 1. The van der Waals surface area contributed by atoms with Crippen molar-refractivity contribution < 1.29 is 4.79 Å². The molecule has 0 bridgehead atoms. The molecule has 0 atom stereocenters. The summed E-state index contributed by atoms with van der Waals surface area (Å²) in [5.74, 6) is 1.17. The number of fused-ring (bicyclic) bond motifs is 1. The predicted molar refractivity (Wildman–Crippen MR) is 100 cm³/mol. The van der Waals surface area contributed by atoms with Crippen molar-refractivity contribution in [2.75, 3.05) is 37.3 Å². The van der Waals surface area contributed by atoms with Gasteiger partial charge in [-0.15, -0.1) is 11.3 Å². The number of carbonyl (C=O) groups is 1. The molecule has 2 fully saturated rings. The van der Waals surface area contributed by atoms with Crippen LogP contribution in [0.5, 0.6) is 0 Å². The van der Waals surface area contributed by atoms with Gasteiger partial charge in [-0.2, -0.15) is 0 Å². The highest BCUT2D eigenvalue weighted by Crippen LogP contribution is 2.34. The Labute approximate surface area is 150 Å². The van der Waals surface area contributed by atoms with E-state index in [1.807, 2.05) is 17.2 Å². The van der Waals surface area contributed by atoms with Crippen molar-refractivity contribution in [3.05, 3.63) is 10.9 Å². The van der Waals surface area contributed by atoms with Crippen LogP contribution < -0.4 is 4.90 Å². The Morgan fingerprint density at radius 1 is 1.08 bits per heavy atom. The maximum atomic E-state index is 12.8. The Morgan fingerprint density at radius 2 is 1.79 bits per heavy atom. The minimum Gasteiger partial charge on any atom is -0.356 e. The van der Waals surface area contributed by atoms with Crippen LogP contribution in [-0.2, 0) is 0 Å². The summed E-state index contributed by atoms with van der Waals surface area (Å²) in [5.41, 5.74) is 0. The number of hydrogen-bond acceptors (Lipinski definition) is 6. The molecule has 0 aliphatic carbocycles. The van der Waals surface area contributed by atoms with E-state index in [0.717, 1.165) is 65.1 Å². The number of nitrogens with zero attached hydrogens (tertiary/aromatic N) is 4. The van der Waals surface area contributed by atoms with Gasteiger partial charge in [0.15, 0.2) is 5.16 Å². The molecule has 2 saturated heterocycles. The van der Waals surface area contributed by atoms with Crippen LogP contribution in [0.4, 0.5) is 5.82 Å². The number of thioether (sulfide) groups is 1. The van der Waals surface area contributed by atoms with Gasteiger partial charge < -0.3 is 9.80 Å². The van der Waals surface area contributed by atoms with Gasteiger partial charge in [0.25, 0.3) is 5.91 Å². The van der Waals surface area contributed by atoms with E-state index in [4.69, 9.17) is 4.98 Å². The van der Waals surface area contributed by atoms with Gasteiger partial charge in [-0.1, -0.05) is 11.8 Å². The van der Waals surface area contributed by atoms with Gasteiger partial charge >= 0.3 is 0 Å². The summed E-state index contributed by atoms with van der Waals surface area (Å²) >= 11 is 3.08. The summed E-state index contributed by atoms with van der Waals surface area (Å²) < 4.78 is 0. The molecule has 0 aromatic carbocycles. The lowest BCUT2D eigenvalue weighted by atomic mass is 10.1. The molecule has 0 unspecified atom stereocenters. The summed E-state index contributed by atoms with van der Waals surface area (Å²) in [6, 6.07) is 2.02. The highest BCUT2D eigenvalue weighted by molar-refractivity contribution is 7.98. The van der Waals surface area contributed by atoms with Crippen LogP contribution in [0.2, 0.25) is 0 Å². The van der Waals surface area contributed by atoms with Gasteiger partial charge in [-0.05, 0) is 44.4 Å². The van der Waals surface area contributed by atoms with Gasteiger partial charge in [0.2, 0.25) is 0 Å². The van der Waals surface area contributed by atoms with Gasteiger partial charge in [0.1, 0.15) is 10.6 Å². The Bertz CT molecular complexity index is 748. The first-order valence-corrected chi connectivity index (χ1v) is 10.7. The number of hydrogen-bond donors (Lipinski definition) is 0. The van der Waals surface area contributed by atoms with E-state index in [2.05, 4.69) is 9.88 Å². The fourth-order valence-electron chi connectivity index (χ4n) is 3.51. The standard InChI is InChI=1S/C17H22N4OS2/c1-23-17-18-14(20-7-5-6-8-20)12-11-13(24-15(12)19-17)16(22)21-9-3-2-4-10-21/h11H,2-10H2,1H3. The molecule has 0 N–H and O–H groups in total. The number of carbonyl (C=O) groups excluding carboxylic acids is 1. The Balaban J connectivity index is 1.73. The SMILES string of the molecule is CSc1nc(N2CCCC2)c2cc(C(=O)N3CCCCC3)sc2n1. The minimum absolute atomic E-state index is 0.163. The first-order chi connectivity index (χ1) is 11.8. The fourth-order valence-corrected chi connectivity index (χ4v) is 4.92. The molecular weight excluding hydrogens is 340 g/mol. The molecule has 1 amide bonds. The van der Waals surface area contributed by atoms with Crippen molar-refractivity contribution >= 4 is 45.0 Å². The molecule has 7 heteroatoms. The first-order valence-electron chi connectivity index (χ1n) is 8.66. The lowest BCUT2D eigenvalue weighted by molar-refractivity contribution is 0.0729. The molecule has 0 radical (unpaired) electrons. The van der Waals surface area contributed by atoms with E-state index in [-0.39, 0.29) is 5.91 Å². The summed E-state index contributed by atoms with van der Waals surface area (Å²) in [5, 5.41) is 1.84. The van der Waals surface area contributed by atoms with E-state index < -0.39 is 0 Å². The van der Waals surface area contributed by atoms with Crippen molar-refractivity contribution in [3.63, 3.8) is 0 Å². The molecule has 24 heavy (non-hydrogen) atoms. The van der Waals surface area contributed by atoms with E-state index in [1.54, 1.807) is 11.8 Å². The van der Waals surface area contributed by atoms with Gasteiger partial charge in [-0.25, -0.2) is 9.97 Å². The average Bonchev–Trinajstić information content (AvgIpc) is 3.30. The Hall–Kier alpha value is -1.34. The summed E-state index contributed by atoms with van der Waals surface area (Å²) in [6.45, 7) is 3.86. The quantitative estimate of drug-likeness (QED) is 0.616. The van der Waals surface area contributed by atoms with Gasteiger partial charge in [-0.3, -0.25) is 4.79 Å². The van der Waals surface area contributed by atoms with Crippen LogP contribution in [0.15, 0.2) is 11.2 Å². The van der Waals surface area contributed by atoms with E-state index in [9.17, 15) is 4.79 Å². The fraction of sp³-hybridized carbons (Fsp3) is 0.588. The van der Waals surface area contributed by atoms with E-state index in [1.165, 1.54) is 30.6 Å². The van der Waals surface area contributed by atoms with Gasteiger partial charge in [0.05, 0.1) is 10.3 Å². The minimum atomic E-state index is 0.163. The highest BCUT2D eigenvalue weighted by atomic mass is 32.2. The van der Waals surface area contributed by atoms with Crippen LogP contribution in [0.3, 0.4) is 0 Å². The lowest BCUT2D eigenvalue weighted by Crippen LogP contribution is -2.35. The van der Waals surface area contributed by atoms with Crippen molar-refractivity contribution in [3.8, 4) is 0 Å². The van der Waals surface area contributed by atoms with Crippen LogP contribution in [0.1, 0.15) is 41.8 Å². The number of thiophene rings is 1. The number of anilines is 1. The second kappa shape index (κ2) is 6.88. The number of aromatic nitrogens is 2. The Kier molecular flexibility index (Phi) is 4.63. The zero-order chi connectivity index (χ0) is 16.5. The number of likely N-dealkylation sites (tertiary alicyclic amines) is 1. The highest BCUT2D eigenvalue weighted by Gasteiger charge is 2.24. The van der Waals surface area contributed by atoms with E-state index >= 15 is 0 Å². The van der Waals surface area contributed by atoms with Gasteiger partial charge in [0, 0.05) is 26.2 Å². The van der Waals surface area contributed by atoms with Crippen molar-refractivity contribution in [2.24, 2.45) is 0 Å². The topological polar surface area (TPSA) is 49.3 Å². The van der Waals surface area contributed by atoms with Crippen molar-refractivity contribution in [2.45, 2.75) is 37.3 Å². The van der Waals surface area contributed by atoms with Crippen LogP contribution in [-0.4, -0.2) is 53.2 Å². The normalized spacial score (nSPS) is 18.5. The van der Waals surface area contributed by atoms with Crippen LogP contribution in [0, 0.1) is 0 Å². The van der Waals surface area contributed by atoms with Crippen LogP contribution in [0.25, 0.3) is 10.2 Å². The molecule has 5 nitrogen and oxygen atoms in total. The lowest BCUT2D eigenvalue weighted by Gasteiger charge is -2.26. The third-order valence-corrected chi connectivity index (χ3v) is 6.36. The Morgan fingerprint density at radius 3 is 2.50 bits per heavy atom. The average molecular weight is 363 g/mol. The smallest absolute Gasteiger partial charge is 0.264 e. The predicted octanol–water partition coefficient (Wildman–Crippen LogP) is 3.64. The maximum absolute atomic E-state index is 12.8. The molecule has 2 aliphatic heterocycles. The molecule has 2 aliphatic rings. The number of rotatable bonds is 3. The molecule has 2 aromatic heterocycles. The largest absolute Gasteiger partial charge is 0.356 e. The molecule has 2 aromatic rings. The molecule has 0 saturated carbocycles. The molecule has 4 heterocycles. The van der Waals surface area contributed by atoms with Crippen LogP contribution >= 0.6 is 23.1 Å². The van der Waals surface area contributed by atoms with Crippen molar-refractivity contribution in [1.82, 2.24) is 14.9 Å². The zero-order valence-electron chi connectivity index (χ0n) is 14.0. The monoisotopic (exact) mass is 362 g/mol. The third kappa shape index (κ3) is 2.99. The van der Waals surface area contributed by atoms with E-state index in [0.29, 0.717) is 0 Å². The molecular formula is C17H22N4OS2. The summed E-state index contributed by atoms with van der Waals surface area (Å²) in [6.07, 6.45) is 7.89. The maximum Gasteiger partial charge on any atom is 0.264 e. The molecule has 0 spiro atoms. The molecule has 128 valence electrons.